The highest BCUT2D eigenvalue weighted by atomic mass is 32.1. The average molecular weight is 432 g/mol. The molecule has 4 rings (SSSR count). The molecule has 0 aliphatic heterocycles. The summed E-state index contributed by atoms with van der Waals surface area (Å²) in [6, 6.07) is 20.2. The Hall–Kier alpha value is -3.38. The van der Waals surface area contributed by atoms with Gasteiger partial charge in [0.05, 0.1) is 23.0 Å². The first-order valence-corrected chi connectivity index (χ1v) is 11.0. The highest BCUT2D eigenvalue weighted by molar-refractivity contribution is 7.22. The number of fused-ring (bicyclic) bond motifs is 1. The molecule has 158 valence electrons. The summed E-state index contributed by atoms with van der Waals surface area (Å²) in [5, 5.41) is 5.09. The summed E-state index contributed by atoms with van der Waals surface area (Å²) in [7, 11) is 0. The van der Waals surface area contributed by atoms with Crippen molar-refractivity contribution in [3.05, 3.63) is 82.9 Å². The number of hydrazone groups is 1. The Morgan fingerprint density at radius 1 is 1.00 bits per heavy atom. The van der Waals surface area contributed by atoms with Gasteiger partial charge in [-0.3, -0.25) is 5.43 Å². The summed E-state index contributed by atoms with van der Waals surface area (Å²) >= 11 is 1.57. The fraction of sp³-hybridized carbons (Fsp3) is 0.200. The number of anilines is 1. The largest absolute Gasteiger partial charge is 0.490 e. The molecule has 4 aromatic rings. The SMILES string of the molecule is CCOc1cc(/C=N\Nc2nc3ccccc3s2)ccc1OCc1cc(C)ccc1C. The molecular formula is C25H25N3O2S. The quantitative estimate of drug-likeness (QED) is 0.261. The van der Waals surface area contributed by atoms with E-state index in [1.54, 1.807) is 17.6 Å². The van der Waals surface area contributed by atoms with E-state index in [1.807, 2.05) is 49.4 Å². The molecule has 1 N–H and O–H groups in total. The molecule has 0 saturated heterocycles. The molecular weight excluding hydrogens is 406 g/mol. The van der Waals surface area contributed by atoms with Gasteiger partial charge in [0, 0.05) is 0 Å². The number of aryl methyl sites for hydroxylation is 2. The molecule has 0 radical (unpaired) electrons. The smallest absolute Gasteiger partial charge is 0.204 e. The first-order valence-electron chi connectivity index (χ1n) is 10.2. The lowest BCUT2D eigenvalue weighted by atomic mass is 10.1. The first kappa shape index (κ1) is 20.9. The highest BCUT2D eigenvalue weighted by Gasteiger charge is 2.08. The monoisotopic (exact) mass is 431 g/mol. The maximum absolute atomic E-state index is 6.08. The predicted octanol–water partition coefficient (Wildman–Crippen LogP) is 6.34. The Bertz CT molecular complexity index is 1180. The summed E-state index contributed by atoms with van der Waals surface area (Å²) in [4.78, 5) is 4.52. The lowest BCUT2D eigenvalue weighted by Crippen LogP contribution is -2.02. The van der Waals surface area contributed by atoms with Crippen LogP contribution in [0.2, 0.25) is 0 Å². The minimum atomic E-state index is 0.500. The van der Waals surface area contributed by atoms with E-state index in [0.717, 1.165) is 26.7 Å². The number of hydrogen-bond acceptors (Lipinski definition) is 6. The van der Waals surface area contributed by atoms with Crippen molar-refractivity contribution in [1.29, 1.82) is 0 Å². The molecule has 1 aromatic heterocycles. The molecule has 31 heavy (non-hydrogen) atoms. The van der Waals surface area contributed by atoms with E-state index in [2.05, 4.69) is 47.6 Å². The molecule has 0 aliphatic rings. The van der Waals surface area contributed by atoms with Crippen LogP contribution in [0, 0.1) is 13.8 Å². The Kier molecular flexibility index (Phi) is 6.48. The molecule has 0 saturated carbocycles. The number of ether oxygens (including phenoxy) is 2. The van der Waals surface area contributed by atoms with E-state index in [0.29, 0.717) is 19.0 Å². The van der Waals surface area contributed by atoms with Gasteiger partial charge in [-0.1, -0.05) is 47.2 Å². The van der Waals surface area contributed by atoms with E-state index in [-0.39, 0.29) is 0 Å². The second-order valence-corrected chi connectivity index (χ2v) is 8.25. The number of rotatable bonds is 8. The van der Waals surface area contributed by atoms with Gasteiger partial charge in [0.1, 0.15) is 6.61 Å². The molecule has 0 bridgehead atoms. The van der Waals surface area contributed by atoms with Gasteiger partial charge < -0.3 is 9.47 Å². The lowest BCUT2D eigenvalue weighted by Gasteiger charge is -2.14. The second-order valence-electron chi connectivity index (χ2n) is 7.21. The first-order chi connectivity index (χ1) is 15.1. The summed E-state index contributed by atoms with van der Waals surface area (Å²) < 4.78 is 13.0. The topological polar surface area (TPSA) is 55.7 Å². The standard InChI is InChI=1S/C25H25N3O2S/c1-4-29-23-14-19(15-26-28-25-27-21-7-5-6-8-24(21)31-25)11-12-22(23)30-16-20-13-17(2)9-10-18(20)3/h5-15H,4,16H2,1-3H3,(H,27,28)/b26-15-. The minimum Gasteiger partial charge on any atom is -0.490 e. The Labute approximate surface area is 186 Å². The van der Waals surface area contributed by atoms with Gasteiger partial charge in [-0.2, -0.15) is 5.10 Å². The van der Waals surface area contributed by atoms with Crippen molar-refractivity contribution >= 4 is 32.9 Å². The van der Waals surface area contributed by atoms with Gasteiger partial charge >= 0.3 is 0 Å². The third-order valence-corrected chi connectivity index (χ3v) is 5.76. The zero-order valence-corrected chi connectivity index (χ0v) is 18.7. The van der Waals surface area contributed by atoms with Crippen LogP contribution in [0.15, 0.2) is 65.8 Å². The Morgan fingerprint density at radius 3 is 2.71 bits per heavy atom. The van der Waals surface area contributed by atoms with Crippen LogP contribution in [-0.2, 0) is 6.61 Å². The van der Waals surface area contributed by atoms with Gasteiger partial charge in [0.25, 0.3) is 0 Å². The molecule has 6 heteroatoms. The maximum atomic E-state index is 6.08. The average Bonchev–Trinajstić information content (AvgIpc) is 3.18. The van der Waals surface area contributed by atoms with Crippen molar-refractivity contribution < 1.29 is 9.47 Å². The van der Waals surface area contributed by atoms with E-state index < -0.39 is 0 Å². The minimum absolute atomic E-state index is 0.500. The molecule has 5 nitrogen and oxygen atoms in total. The third-order valence-electron chi connectivity index (χ3n) is 4.82. The van der Waals surface area contributed by atoms with E-state index in [1.165, 1.54) is 16.7 Å². The molecule has 0 atom stereocenters. The van der Waals surface area contributed by atoms with Crippen LogP contribution in [0.25, 0.3) is 10.2 Å². The van der Waals surface area contributed by atoms with Crippen molar-refractivity contribution in [2.75, 3.05) is 12.0 Å². The van der Waals surface area contributed by atoms with Crippen molar-refractivity contribution in [1.82, 2.24) is 4.98 Å². The number of nitrogens with one attached hydrogen (secondary N) is 1. The summed E-state index contributed by atoms with van der Waals surface area (Å²) in [6.07, 6.45) is 1.75. The molecule has 0 unspecified atom stereocenters. The zero-order chi connectivity index (χ0) is 21.6. The second kappa shape index (κ2) is 9.62. The number of thiazole rings is 1. The van der Waals surface area contributed by atoms with Crippen LogP contribution in [0.4, 0.5) is 5.13 Å². The Balaban J connectivity index is 1.45. The molecule has 0 fully saturated rings. The number of para-hydroxylation sites is 1. The van der Waals surface area contributed by atoms with Crippen LogP contribution in [0.5, 0.6) is 11.5 Å². The van der Waals surface area contributed by atoms with Crippen molar-refractivity contribution in [3.8, 4) is 11.5 Å². The van der Waals surface area contributed by atoms with Gasteiger partial charge in [0.2, 0.25) is 5.13 Å². The number of benzene rings is 3. The molecule has 0 amide bonds. The molecule has 1 heterocycles. The zero-order valence-electron chi connectivity index (χ0n) is 17.9. The number of hydrogen-bond donors (Lipinski definition) is 1. The molecule has 0 spiro atoms. The fourth-order valence-corrected chi connectivity index (χ4v) is 4.00. The highest BCUT2D eigenvalue weighted by Crippen LogP contribution is 2.29. The number of aromatic nitrogens is 1. The van der Waals surface area contributed by atoms with Crippen molar-refractivity contribution in [2.45, 2.75) is 27.4 Å². The van der Waals surface area contributed by atoms with Crippen LogP contribution >= 0.6 is 11.3 Å². The van der Waals surface area contributed by atoms with Gasteiger partial charge in [-0.25, -0.2) is 4.98 Å². The molecule has 0 aliphatic carbocycles. The fourth-order valence-electron chi connectivity index (χ4n) is 3.19. The molecule has 3 aromatic carbocycles. The van der Waals surface area contributed by atoms with Crippen LogP contribution in [-0.4, -0.2) is 17.8 Å². The van der Waals surface area contributed by atoms with Crippen LogP contribution in [0.3, 0.4) is 0 Å². The van der Waals surface area contributed by atoms with Crippen LogP contribution in [0.1, 0.15) is 29.2 Å². The van der Waals surface area contributed by atoms with Crippen LogP contribution < -0.4 is 14.9 Å². The summed E-state index contributed by atoms with van der Waals surface area (Å²) in [6.45, 7) is 7.21. The van der Waals surface area contributed by atoms with Gasteiger partial charge in [-0.05, 0) is 67.8 Å². The van der Waals surface area contributed by atoms with Gasteiger partial charge in [0.15, 0.2) is 11.5 Å². The maximum Gasteiger partial charge on any atom is 0.204 e. The third kappa shape index (κ3) is 5.22. The normalized spacial score (nSPS) is 11.2. The predicted molar refractivity (Wildman–Crippen MR) is 129 cm³/mol. The van der Waals surface area contributed by atoms with E-state index >= 15 is 0 Å². The summed E-state index contributed by atoms with van der Waals surface area (Å²) in [5.41, 5.74) is 8.51. The number of nitrogens with zero attached hydrogens (tertiary/aromatic N) is 2. The van der Waals surface area contributed by atoms with E-state index in [4.69, 9.17) is 9.47 Å². The van der Waals surface area contributed by atoms with Gasteiger partial charge in [-0.15, -0.1) is 0 Å². The lowest BCUT2D eigenvalue weighted by molar-refractivity contribution is 0.269. The van der Waals surface area contributed by atoms with Crippen molar-refractivity contribution in [3.63, 3.8) is 0 Å². The van der Waals surface area contributed by atoms with Crippen molar-refractivity contribution in [2.24, 2.45) is 5.10 Å². The Morgan fingerprint density at radius 2 is 1.87 bits per heavy atom. The van der Waals surface area contributed by atoms with E-state index in [9.17, 15) is 0 Å². The summed E-state index contributed by atoms with van der Waals surface area (Å²) in [5.74, 6) is 1.43.